The molecule has 92 valence electrons. The van der Waals surface area contributed by atoms with Crippen LogP contribution < -0.4 is 5.73 Å². The van der Waals surface area contributed by atoms with Gasteiger partial charge >= 0.3 is 0 Å². The second-order valence-corrected chi connectivity index (χ2v) is 4.30. The quantitative estimate of drug-likeness (QED) is 0.849. The van der Waals surface area contributed by atoms with Gasteiger partial charge in [0.1, 0.15) is 0 Å². The topological polar surface area (TPSA) is 55.6 Å². The molecule has 0 aromatic heterocycles. The molecule has 17 heavy (non-hydrogen) atoms. The van der Waals surface area contributed by atoms with Crippen molar-refractivity contribution in [3.63, 3.8) is 0 Å². The number of ether oxygens (including phenoxy) is 1. The summed E-state index contributed by atoms with van der Waals surface area (Å²) in [6.07, 6.45) is 1.08. The predicted octanol–water partition coefficient (Wildman–Crippen LogP) is 1.01. The van der Waals surface area contributed by atoms with E-state index < -0.39 is 0 Å². The van der Waals surface area contributed by atoms with Crippen molar-refractivity contribution in [2.75, 3.05) is 26.3 Å². The van der Waals surface area contributed by atoms with Gasteiger partial charge in [0.15, 0.2) is 0 Å². The van der Waals surface area contributed by atoms with Crippen LogP contribution in [0, 0.1) is 0 Å². The van der Waals surface area contributed by atoms with Crippen LogP contribution in [0.2, 0.25) is 0 Å². The first-order chi connectivity index (χ1) is 8.25. The number of carbonyl (C=O) groups is 1. The molecule has 0 saturated carbocycles. The Hall–Kier alpha value is -1.39. The van der Waals surface area contributed by atoms with Crippen molar-refractivity contribution in [3.8, 4) is 0 Å². The van der Waals surface area contributed by atoms with E-state index in [0.717, 1.165) is 39.3 Å². The fourth-order valence-electron chi connectivity index (χ4n) is 1.99. The van der Waals surface area contributed by atoms with Crippen molar-refractivity contribution < 1.29 is 9.53 Å². The highest BCUT2D eigenvalue weighted by molar-refractivity contribution is 5.92. The minimum absolute atomic E-state index is 0.375. The van der Waals surface area contributed by atoms with E-state index in [-0.39, 0.29) is 5.91 Å². The zero-order valence-electron chi connectivity index (χ0n) is 9.89. The van der Waals surface area contributed by atoms with Crippen LogP contribution in [0.3, 0.4) is 0 Å². The Morgan fingerprint density at radius 2 is 2.00 bits per heavy atom. The van der Waals surface area contributed by atoms with E-state index in [0.29, 0.717) is 5.56 Å². The fraction of sp³-hybridized carbons (Fsp3) is 0.462. The summed E-state index contributed by atoms with van der Waals surface area (Å²) in [6, 6.07) is 7.50. The maximum Gasteiger partial charge on any atom is 0.248 e. The molecule has 0 aliphatic carbocycles. The zero-order chi connectivity index (χ0) is 12.1. The van der Waals surface area contributed by atoms with Crippen LogP contribution in [0.1, 0.15) is 22.3 Å². The second kappa shape index (κ2) is 5.80. The van der Waals surface area contributed by atoms with Gasteiger partial charge in [0, 0.05) is 31.8 Å². The van der Waals surface area contributed by atoms with Crippen LogP contribution in [-0.2, 0) is 11.3 Å². The first kappa shape index (κ1) is 12.1. The third kappa shape index (κ3) is 3.54. The molecule has 1 aliphatic rings. The minimum Gasteiger partial charge on any atom is -0.380 e. The lowest BCUT2D eigenvalue weighted by molar-refractivity contribution is 0.100. The lowest BCUT2D eigenvalue weighted by Crippen LogP contribution is -2.25. The average molecular weight is 234 g/mol. The second-order valence-electron chi connectivity index (χ2n) is 4.30. The Balaban J connectivity index is 1.95. The van der Waals surface area contributed by atoms with Gasteiger partial charge in [-0.15, -0.1) is 0 Å². The number of rotatable bonds is 3. The zero-order valence-corrected chi connectivity index (χ0v) is 9.89. The number of carbonyl (C=O) groups excluding carboxylic acids is 1. The smallest absolute Gasteiger partial charge is 0.248 e. The Kier molecular flexibility index (Phi) is 4.12. The number of hydrogen-bond acceptors (Lipinski definition) is 3. The first-order valence-corrected chi connectivity index (χ1v) is 5.94. The summed E-state index contributed by atoms with van der Waals surface area (Å²) in [6.45, 7) is 4.61. The highest BCUT2D eigenvalue weighted by Crippen LogP contribution is 2.09. The molecular formula is C13H18N2O2. The molecule has 0 unspecified atom stereocenters. The van der Waals surface area contributed by atoms with Crippen LogP contribution in [0.4, 0.5) is 0 Å². The van der Waals surface area contributed by atoms with Crippen molar-refractivity contribution in [1.82, 2.24) is 4.90 Å². The van der Waals surface area contributed by atoms with Crippen molar-refractivity contribution in [3.05, 3.63) is 35.4 Å². The number of hydrogen-bond donors (Lipinski definition) is 1. The van der Waals surface area contributed by atoms with Crippen LogP contribution >= 0.6 is 0 Å². The summed E-state index contributed by atoms with van der Waals surface area (Å²) >= 11 is 0. The van der Waals surface area contributed by atoms with Crippen molar-refractivity contribution >= 4 is 5.91 Å². The number of nitrogens with zero attached hydrogens (tertiary/aromatic N) is 1. The monoisotopic (exact) mass is 234 g/mol. The number of primary amides is 1. The molecule has 4 heteroatoms. The normalized spacial score (nSPS) is 17.6. The Labute approximate surface area is 101 Å². The van der Waals surface area contributed by atoms with Gasteiger partial charge in [-0.3, -0.25) is 9.69 Å². The maximum absolute atomic E-state index is 10.9. The number of nitrogens with two attached hydrogens (primary N) is 1. The first-order valence-electron chi connectivity index (χ1n) is 5.94. The van der Waals surface area contributed by atoms with Crippen LogP contribution in [0.15, 0.2) is 24.3 Å². The van der Waals surface area contributed by atoms with Crippen LogP contribution in [0.25, 0.3) is 0 Å². The fourth-order valence-corrected chi connectivity index (χ4v) is 1.99. The summed E-state index contributed by atoms with van der Waals surface area (Å²) in [4.78, 5) is 13.3. The third-order valence-electron chi connectivity index (χ3n) is 2.96. The molecule has 1 fully saturated rings. The molecule has 1 aromatic rings. The van der Waals surface area contributed by atoms with E-state index in [9.17, 15) is 4.79 Å². The highest BCUT2D eigenvalue weighted by Gasteiger charge is 2.09. The van der Waals surface area contributed by atoms with Crippen LogP contribution in [-0.4, -0.2) is 37.1 Å². The Bertz CT molecular complexity index is 368. The van der Waals surface area contributed by atoms with Gasteiger partial charge in [-0.25, -0.2) is 0 Å². The highest BCUT2D eigenvalue weighted by atomic mass is 16.5. The number of amides is 1. The predicted molar refractivity (Wildman–Crippen MR) is 65.7 cm³/mol. The lowest BCUT2D eigenvalue weighted by Gasteiger charge is -2.18. The van der Waals surface area contributed by atoms with E-state index >= 15 is 0 Å². The molecule has 1 saturated heterocycles. The Morgan fingerprint density at radius 3 is 2.71 bits per heavy atom. The molecule has 2 N–H and O–H groups in total. The number of benzene rings is 1. The van der Waals surface area contributed by atoms with E-state index in [1.807, 2.05) is 12.1 Å². The van der Waals surface area contributed by atoms with Gasteiger partial charge < -0.3 is 10.5 Å². The lowest BCUT2D eigenvalue weighted by atomic mass is 10.1. The minimum atomic E-state index is -0.375. The van der Waals surface area contributed by atoms with E-state index in [4.69, 9.17) is 10.5 Å². The standard InChI is InChI=1S/C13H18N2O2/c14-13(16)12-4-2-11(3-5-12)10-15-6-1-8-17-9-7-15/h2-5H,1,6-10H2,(H2,14,16). The molecule has 1 aromatic carbocycles. The maximum atomic E-state index is 10.9. The van der Waals surface area contributed by atoms with Gasteiger partial charge in [0.25, 0.3) is 0 Å². The van der Waals surface area contributed by atoms with Crippen molar-refractivity contribution in [2.24, 2.45) is 5.73 Å². The van der Waals surface area contributed by atoms with E-state index in [1.165, 1.54) is 5.56 Å². The largest absolute Gasteiger partial charge is 0.380 e. The van der Waals surface area contributed by atoms with Gasteiger partial charge in [-0.05, 0) is 24.1 Å². The summed E-state index contributed by atoms with van der Waals surface area (Å²) in [5.41, 5.74) is 6.97. The molecule has 4 nitrogen and oxygen atoms in total. The van der Waals surface area contributed by atoms with E-state index in [2.05, 4.69) is 4.90 Å². The molecule has 0 radical (unpaired) electrons. The SMILES string of the molecule is NC(=O)c1ccc(CN2CCCOCC2)cc1. The Morgan fingerprint density at radius 1 is 1.24 bits per heavy atom. The molecular weight excluding hydrogens is 216 g/mol. The molecule has 0 atom stereocenters. The van der Waals surface area contributed by atoms with Gasteiger partial charge in [-0.1, -0.05) is 12.1 Å². The van der Waals surface area contributed by atoms with Gasteiger partial charge in [0.2, 0.25) is 5.91 Å². The average Bonchev–Trinajstić information content (AvgIpc) is 2.58. The molecule has 1 aliphatic heterocycles. The third-order valence-corrected chi connectivity index (χ3v) is 2.96. The van der Waals surface area contributed by atoms with E-state index in [1.54, 1.807) is 12.1 Å². The van der Waals surface area contributed by atoms with Crippen molar-refractivity contribution in [2.45, 2.75) is 13.0 Å². The molecule has 0 bridgehead atoms. The van der Waals surface area contributed by atoms with Gasteiger partial charge in [0.05, 0.1) is 6.61 Å². The molecule has 0 spiro atoms. The summed E-state index contributed by atoms with van der Waals surface area (Å²) in [5.74, 6) is -0.375. The summed E-state index contributed by atoms with van der Waals surface area (Å²) in [5, 5.41) is 0. The summed E-state index contributed by atoms with van der Waals surface area (Å²) < 4.78 is 5.41. The van der Waals surface area contributed by atoms with Crippen molar-refractivity contribution in [1.29, 1.82) is 0 Å². The van der Waals surface area contributed by atoms with Gasteiger partial charge in [-0.2, -0.15) is 0 Å². The molecule has 1 heterocycles. The molecule has 1 amide bonds. The molecule has 2 rings (SSSR count). The van der Waals surface area contributed by atoms with Crippen LogP contribution in [0.5, 0.6) is 0 Å². The summed E-state index contributed by atoms with van der Waals surface area (Å²) in [7, 11) is 0.